The van der Waals surface area contributed by atoms with Gasteiger partial charge in [-0.05, 0) is 19.1 Å². The maximum absolute atomic E-state index is 11.2. The molecule has 0 aliphatic carbocycles. The van der Waals surface area contributed by atoms with Crippen molar-refractivity contribution < 1.29 is 18.8 Å². The summed E-state index contributed by atoms with van der Waals surface area (Å²) >= 11 is 0. The van der Waals surface area contributed by atoms with Crippen molar-refractivity contribution in [2.45, 2.75) is 20.8 Å². The summed E-state index contributed by atoms with van der Waals surface area (Å²) < 4.78 is 4.86. The molecule has 1 aromatic heterocycles. The zero-order valence-electron chi connectivity index (χ0n) is 10.8. The van der Waals surface area contributed by atoms with E-state index < -0.39 is 0 Å². The van der Waals surface area contributed by atoms with Gasteiger partial charge in [-0.3, -0.25) is 4.79 Å². The number of rotatable bonds is 3. The Kier molecular flexibility index (Phi) is 13.7. The van der Waals surface area contributed by atoms with Crippen LogP contribution in [-0.2, 0) is 0 Å². The summed E-state index contributed by atoms with van der Waals surface area (Å²) in [4.78, 5) is 11.2. The first-order chi connectivity index (χ1) is 7.19. The van der Waals surface area contributed by atoms with Gasteiger partial charge in [0, 0.05) is 14.3 Å². The largest absolute Gasteiger partial charge is 0.378 e. The molecule has 0 amide bonds. The minimum absolute atomic E-state index is 0. The second-order valence-corrected chi connectivity index (χ2v) is 2.61. The minimum Gasteiger partial charge on any atom is -0.378 e. The van der Waals surface area contributed by atoms with Gasteiger partial charge in [-0.25, -0.2) is 0 Å². The molecule has 1 radical (unpaired) electrons. The molecule has 1 aromatic rings. The van der Waals surface area contributed by atoms with Crippen molar-refractivity contribution in [3.63, 3.8) is 0 Å². The molecule has 17 heavy (non-hydrogen) atoms. The Morgan fingerprint density at radius 1 is 1.35 bits per heavy atom. The molecule has 0 aliphatic heterocycles. The SMILES string of the molecule is C=C/C(C)=C\c1c(C=C)o[nH]c1=O.CC.[Am].[CH3-]. The summed E-state index contributed by atoms with van der Waals surface area (Å²) in [6.07, 6.45) is 4.85. The predicted molar refractivity (Wildman–Crippen MR) is 71.0 cm³/mol. The molecule has 3 nitrogen and oxygen atoms in total. The zero-order chi connectivity index (χ0) is 11.8. The molecule has 0 saturated carbocycles. The first-order valence-electron chi connectivity index (χ1n) is 4.83. The van der Waals surface area contributed by atoms with Crippen molar-refractivity contribution in [3.05, 3.63) is 53.9 Å². The van der Waals surface area contributed by atoms with Gasteiger partial charge in [-0.1, -0.05) is 38.7 Å². The average molecular weight is 465 g/mol. The molecule has 0 aromatic carbocycles. The van der Waals surface area contributed by atoms with Crippen LogP contribution >= 0.6 is 0 Å². The molecule has 0 atom stereocenters. The van der Waals surface area contributed by atoms with Gasteiger partial charge in [0.1, 0.15) is 0 Å². The second kappa shape index (κ2) is 11.1. The van der Waals surface area contributed by atoms with Crippen LogP contribution in [0.1, 0.15) is 32.1 Å². The van der Waals surface area contributed by atoms with E-state index in [1.54, 1.807) is 12.2 Å². The van der Waals surface area contributed by atoms with Crippen LogP contribution < -0.4 is 5.56 Å². The van der Waals surface area contributed by atoms with Crippen molar-refractivity contribution in [1.82, 2.24) is 5.16 Å². The third kappa shape index (κ3) is 6.05. The van der Waals surface area contributed by atoms with Crippen LogP contribution in [0.5, 0.6) is 0 Å². The Morgan fingerprint density at radius 2 is 1.88 bits per heavy atom. The van der Waals surface area contributed by atoms with E-state index in [4.69, 9.17) is 4.52 Å². The molecule has 0 aliphatic rings. The predicted octanol–water partition coefficient (Wildman–Crippen LogP) is 3.68. The number of hydrogen-bond acceptors (Lipinski definition) is 2. The summed E-state index contributed by atoms with van der Waals surface area (Å²) in [6, 6.07) is 0. The quantitative estimate of drug-likeness (QED) is 0.547. The first-order valence-corrected chi connectivity index (χ1v) is 4.83. The number of allylic oxidation sites excluding steroid dienone is 2. The van der Waals surface area contributed by atoms with E-state index in [1.807, 2.05) is 20.8 Å². The second-order valence-electron chi connectivity index (χ2n) is 2.61. The first kappa shape index (κ1) is 21.0. The van der Waals surface area contributed by atoms with E-state index in [1.165, 1.54) is 6.08 Å². The topological polar surface area (TPSA) is 46.0 Å². The van der Waals surface area contributed by atoms with E-state index in [2.05, 4.69) is 18.3 Å². The molecule has 0 fully saturated rings. The summed E-state index contributed by atoms with van der Waals surface area (Å²) in [5, 5.41) is 2.24. The van der Waals surface area contributed by atoms with Gasteiger partial charge in [-0.2, -0.15) is 5.16 Å². The van der Waals surface area contributed by atoms with E-state index in [0.717, 1.165) is 5.57 Å². The smallest absolute Gasteiger partial charge is 0.287 e. The van der Waals surface area contributed by atoms with Gasteiger partial charge in [-0.15, -0.1) is 0 Å². The fourth-order valence-electron chi connectivity index (χ4n) is 0.898. The fourth-order valence-corrected chi connectivity index (χ4v) is 0.898. The standard InChI is InChI=1S/C10H11NO2.C2H6.CH3.Am/c1-4-7(3)6-8-9(5-2)13-11-10(8)12;1-2;;/h4-6H,1-2H2,3H3,(H,11,12);1-2H3;1H3;/q;;-1;/b7-6-;;;. The molecule has 97 valence electrons. The molecule has 0 saturated heterocycles. The Bertz CT molecular complexity index is 413. The van der Waals surface area contributed by atoms with Gasteiger partial charge in [0.2, 0.25) is 0 Å². The van der Waals surface area contributed by atoms with Crippen molar-refractivity contribution in [2.75, 3.05) is 0 Å². The maximum Gasteiger partial charge on any atom is 0.287 e. The molecule has 0 unspecified atom stereocenters. The van der Waals surface area contributed by atoms with Crippen molar-refractivity contribution in [1.29, 1.82) is 0 Å². The van der Waals surface area contributed by atoms with E-state index in [9.17, 15) is 4.79 Å². The van der Waals surface area contributed by atoms with Crippen molar-refractivity contribution in [3.8, 4) is 0 Å². The normalized spacial score (nSPS) is 9.00. The average Bonchev–Trinajstić information content (AvgIpc) is 2.63. The van der Waals surface area contributed by atoms with E-state index >= 15 is 0 Å². The van der Waals surface area contributed by atoms with Gasteiger partial charge in [0.05, 0.1) is 5.56 Å². The van der Waals surface area contributed by atoms with Gasteiger partial charge >= 0.3 is 0 Å². The summed E-state index contributed by atoms with van der Waals surface area (Å²) in [6.45, 7) is 13.0. The van der Waals surface area contributed by atoms with Crippen LogP contribution in [0, 0.1) is 21.7 Å². The van der Waals surface area contributed by atoms with Gasteiger partial charge < -0.3 is 11.9 Å². The Morgan fingerprint density at radius 3 is 2.29 bits per heavy atom. The molecule has 1 heterocycles. The third-order valence-corrected chi connectivity index (χ3v) is 1.64. The van der Waals surface area contributed by atoms with Crippen LogP contribution in [0.3, 0.4) is 0 Å². The maximum atomic E-state index is 11.2. The third-order valence-electron chi connectivity index (χ3n) is 1.64. The summed E-state index contributed by atoms with van der Waals surface area (Å²) in [5.41, 5.74) is 1.12. The number of H-pyrrole nitrogens is 1. The van der Waals surface area contributed by atoms with Gasteiger partial charge in [0.15, 0.2) is 5.76 Å². The zero-order valence-corrected chi connectivity index (χ0v) is 14.0. The molecular formula is C13H20AmNO2-. The number of nitrogens with one attached hydrogen (secondary N) is 1. The number of hydrogen-bond donors (Lipinski definition) is 1. The molecule has 4 heteroatoms. The minimum atomic E-state index is -0.254. The molecule has 0 bridgehead atoms. The Balaban J connectivity index is -0.000000464. The summed E-state index contributed by atoms with van der Waals surface area (Å²) in [5.74, 6) is 0.450. The van der Waals surface area contributed by atoms with Crippen molar-refractivity contribution in [2.24, 2.45) is 0 Å². The number of aromatic amines is 1. The number of aromatic nitrogens is 1. The fraction of sp³-hybridized carbons (Fsp3) is 0.231. The van der Waals surface area contributed by atoms with Crippen LogP contribution in [0.25, 0.3) is 12.2 Å². The van der Waals surface area contributed by atoms with Crippen LogP contribution in [0.2, 0.25) is 0 Å². The van der Waals surface area contributed by atoms with Gasteiger partial charge in [0.25, 0.3) is 5.56 Å². The molecule has 1 N–H and O–H groups in total. The van der Waals surface area contributed by atoms with Crippen LogP contribution in [0.4, 0.5) is 0 Å². The summed E-state index contributed by atoms with van der Waals surface area (Å²) in [7, 11) is 0. The molecular weight excluding hydrogens is 445 g/mol. The Labute approximate surface area is 111 Å². The monoisotopic (exact) mass is 463 g/mol. The van der Waals surface area contributed by atoms with Crippen LogP contribution in [-0.4, -0.2) is 5.16 Å². The van der Waals surface area contributed by atoms with Crippen molar-refractivity contribution >= 4 is 12.2 Å². The van der Waals surface area contributed by atoms with Crippen LogP contribution in [0.15, 0.2) is 34.1 Å². The molecule has 1 rings (SSSR count). The molecule has 0 spiro atoms. The Hall–Kier alpha value is -1.38. The van der Waals surface area contributed by atoms with E-state index in [-0.39, 0.29) is 27.3 Å². The van der Waals surface area contributed by atoms with E-state index in [0.29, 0.717) is 11.3 Å².